The molecule has 0 radical (unpaired) electrons. The molecular weight excluding hydrogens is 419 g/mol. The highest BCUT2D eigenvalue weighted by atomic mass is 28.5. The minimum absolute atomic E-state index is 0.571. The molecule has 0 atom stereocenters. The summed E-state index contributed by atoms with van der Waals surface area (Å²) in [4.78, 5) is 0. The Kier molecular flexibility index (Phi) is 6.40. The van der Waals surface area contributed by atoms with E-state index < -0.39 is 40.9 Å². The average Bonchev–Trinajstić information content (AvgIpc) is 2.84. The van der Waals surface area contributed by atoms with Crippen molar-refractivity contribution in [1.82, 2.24) is 0 Å². The van der Waals surface area contributed by atoms with Crippen LogP contribution in [0.1, 0.15) is 12.8 Å². The van der Waals surface area contributed by atoms with Gasteiger partial charge in [0.2, 0.25) is 0 Å². The van der Waals surface area contributed by atoms with Gasteiger partial charge in [-0.3, -0.25) is 0 Å². The van der Waals surface area contributed by atoms with Crippen molar-refractivity contribution >= 4 is 46.6 Å². The topological polar surface area (TPSA) is 12.4 Å². The van der Waals surface area contributed by atoms with E-state index in [0.717, 1.165) is 0 Å². The van der Waals surface area contributed by atoms with E-state index in [1.807, 2.05) is 0 Å². The lowest BCUT2D eigenvalue weighted by Crippen LogP contribution is -2.65. The summed E-state index contributed by atoms with van der Waals surface area (Å²) in [5.74, 6) is 0. The van der Waals surface area contributed by atoms with E-state index >= 15 is 0 Å². The van der Waals surface area contributed by atoms with Crippen molar-refractivity contribution in [2.24, 2.45) is 4.63 Å². The molecule has 28 heavy (non-hydrogen) atoms. The highest BCUT2D eigenvalue weighted by Gasteiger charge is 2.71. The zero-order valence-electron chi connectivity index (χ0n) is 20.7. The van der Waals surface area contributed by atoms with Gasteiger partial charge in [-0.05, 0) is 20.7 Å². The van der Waals surface area contributed by atoms with Gasteiger partial charge in [-0.15, -0.1) is 0 Å². The van der Waals surface area contributed by atoms with Crippen molar-refractivity contribution in [2.75, 3.05) is 0 Å². The van der Waals surface area contributed by atoms with Gasteiger partial charge in [-0.25, -0.2) is 0 Å². The van der Waals surface area contributed by atoms with Crippen LogP contribution in [0.15, 0.2) is 35.0 Å². The molecule has 0 N–H and O–H groups in total. The lowest BCUT2D eigenvalue weighted by atomic mass is 10.3. The Balaban J connectivity index is 3.01. The maximum atomic E-state index is 5.87. The number of benzene rings is 1. The van der Waals surface area contributed by atoms with Crippen molar-refractivity contribution in [1.29, 1.82) is 0 Å². The number of nitrogens with zero attached hydrogens (tertiary/aromatic N) is 1. The molecule has 0 spiro atoms. The predicted molar refractivity (Wildman–Crippen MR) is 142 cm³/mol. The minimum Gasteiger partial charge on any atom is -0.303 e. The first-order valence-corrected chi connectivity index (χ1v) is 26.5. The molecule has 0 bridgehead atoms. The van der Waals surface area contributed by atoms with Crippen molar-refractivity contribution in [2.45, 2.75) is 100.0 Å². The van der Waals surface area contributed by atoms with Gasteiger partial charge in [-0.1, -0.05) is 110 Å². The van der Waals surface area contributed by atoms with Crippen LogP contribution in [-0.2, 0) is 0 Å². The fourth-order valence-electron chi connectivity index (χ4n) is 6.97. The highest BCUT2D eigenvalue weighted by Crippen LogP contribution is 2.69. The van der Waals surface area contributed by atoms with Gasteiger partial charge in [0, 0.05) is 0 Å². The first-order chi connectivity index (χ1) is 12.4. The molecule has 1 aromatic carbocycles. The number of hydrogen-bond donors (Lipinski definition) is 0. The summed E-state index contributed by atoms with van der Waals surface area (Å²) in [7, 11) is -6.58. The Morgan fingerprint density at radius 1 is 0.607 bits per heavy atom. The van der Waals surface area contributed by atoms with Gasteiger partial charge in [-0.2, -0.15) is 0 Å². The molecular formula is C22H45NSi5. The summed E-state index contributed by atoms with van der Waals surface area (Å²) >= 11 is 0. The fraction of sp³-hybridized carbons (Fsp3) is 0.727. The normalized spacial score (nSPS) is 20.4. The molecule has 1 heterocycles. The molecule has 0 aromatic heterocycles. The summed E-state index contributed by atoms with van der Waals surface area (Å²) < 4.78 is 7.01. The van der Waals surface area contributed by atoms with E-state index in [0.29, 0.717) is 8.57 Å². The molecule has 0 saturated carbocycles. The van der Waals surface area contributed by atoms with E-state index in [1.165, 1.54) is 18.5 Å². The second-order valence-electron chi connectivity index (χ2n) is 13.1. The molecule has 1 fully saturated rings. The molecule has 0 amide bonds. The van der Waals surface area contributed by atoms with E-state index in [9.17, 15) is 0 Å². The average molecular weight is 464 g/mol. The standard InChI is InChI=1S/C22H45NSi5/c1-25(2,3)21(26(4,5)6)18-19-22(27(7,8)9,28(10,11)12)24(21)23-20-16-14-13-15-17-20/h13-17H,18-19H2,1-12H3. The summed E-state index contributed by atoms with van der Waals surface area (Å²) in [6.07, 6.45) is 2.94. The van der Waals surface area contributed by atoms with Crippen LogP contribution in [0, 0.1) is 0 Å². The third-order valence-corrected chi connectivity index (χ3v) is 42.5. The molecule has 158 valence electrons. The number of rotatable bonds is 5. The second-order valence-corrected chi connectivity index (χ2v) is 40.1. The smallest absolute Gasteiger partial charge is 0.131 e. The molecule has 1 saturated heterocycles. The molecule has 6 heteroatoms. The Bertz CT molecular complexity index is 657. The predicted octanol–water partition coefficient (Wildman–Crippen LogP) is 8.36. The maximum absolute atomic E-state index is 5.87. The number of hydrogen-bond acceptors (Lipinski definition) is 1. The van der Waals surface area contributed by atoms with Crippen LogP contribution in [-0.4, -0.2) is 40.9 Å². The van der Waals surface area contributed by atoms with Crippen molar-refractivity contribution in [3.63, 3.8) is 0 Å². The van der Waals surface area contributed by atoms with Crippen LogP contribution in [0.2, 0.25) is 87.1 Å². The van der Waals surface area contributed by atoms with Gasteiger partial charge in [0.15, 0.2) is 0 Å². The summed E-state index contributed by atoms with van der Waals surface area (Å²) in [6, 6.07) is 11.1. The van der Waals surface area contributed by atoms with Crippen LogP contribution in [0.5, 0.6) is 0 Å². The lowest BCUT2D eigenvalue weighted by molar-refractivity contribution is 0.763. The van der Waals surface area contributed by atoms with Gasteiger partial charge in [0.05, 0.1) is 38.0 Å². The third kappa shape index (κ3) is 3.65. The zero-order valence-corrected chi connectivity index (χ0v) is 25.7. The van der Waals surface area contributed by atoms with Gasteiger partial charge >= 0.3 is 0 Å². The molecule has 1 aliphatic rings. The Labute approximate surface area is 181 Å². The second kappa shape index (κ2) is 7.36. The monoisotopic (exact) mass is 463 g/mol. The van der Waals surface area contributed by atoms with Crippen LogP contribution in [0.25, 0.3) is 0 Å². The quantitative estimate of drug-likeness (QED) is 0.389. The minimum atomic E-state index is -1.42. The zero-order chi connectivity index (χ0) is 21.8. The van der Waals surface area contributed by atoms with E-state index in [4.69, 9.17) is 4.63 Å². The summed E-state index contributed by atoms with van der Waals surface area (Å²) in [5, 5.41) is 0. The molecule has 0 aliphatic carbocycles. The maximum Gasteiger partial charge on any atom is 0.131 e. The van der Waals surface area contributed by atoms with Crippen LogP contribution in [0.3, 0.4) is 0 Å². The van der Waals surface area contributed by atoms with Crippen LogP contribution >= 0.6 is 0 Å². The third-order valence-electron chi connectivity index (χ3n) is 7.80. The first-order valence-electron chi connectivity index (χ1n) is 11.1. The van der Waals surface area contributed by atoms with Crippen molar-refractivity contribution < 1.29 is 0 Å². The van der Waals surface area contributed by atoms with Crippen LogP contribution in [0.4, 0.5) is 5.69 Å². The van der Waals surface area contributed by atoms with Gasteiger partial charge < -0.3 is 4.63 Å². The lowest BCUT2D eigenvalue weighted by Gasteiger charge is -2.56. The molecule has 1 aliphatic heterocycles. The van der Waals surface area contributed by atoms with Crippen LogP contribution < -0.4 is 0 Å². The fourth-order valence-corrected chi connectivity index (χ4v) is 46.8. The SMILES string of the molecule is C[Si](C)(C)C1([Si](C)(C)C)CCC([Si](C)(C)C)([Si](C)(C)C)[Si]1=Nc1ccccc1. The molecule has 1 aromatic rings. The van der Waals surface area contributed by atoms with E-state index in [-0.39, 0.29) is 0 Å². The van der Waals surface area contributed by atoms with E-state index in [1.54, 1.807) is 0 Å². The van der Waals surface area contributed by atoms with Gasteiger partial charge in [0.25, 0.3) is 0 Å². The van der Waals surface area contributed by atoms with E-state index in [2.05, 4.69) is 109 Å². The molecule has 0 unspecified atom stereocenters. The van der Waals surface area contributed by atoms with Crippen molar-refractivity contribution in [3.8, 4) is 0 Å². The Morgan fingerprint density at radius 2 is 0.929 bits per heavy atom. The Morgan fingerprint density at radius 3 is 1.21 bits per heavy atom. The highest BCUT2D eigenvalue weighted by molar-refractivity contribution is 7.18. The summed E-state index contributed by atoms with van der Waals surface area (Å²) in [6.45, 7) is 32.2. The first kappa shape index (κ1) is 24.4. The summed E-state index contributed by atoms with van der Waals surface area (Å²) in [5.41, 5.74) is 1.26. The van der Waals surface area contributed by atoms with Crippen molar-refractivity contribution in [3.05, 3.63) is 30.3 Å². The van der Waals surface area contributed by atoms with Gasteiger partial charge in [0.1, 0.15) is 8.59 Å². The molecule has 1 nitrogen and oxygen atoms in total. The largest absolute Gasteiger partial charge is 0.303 e. The molecule has 2 rings (SSSR count). The Hall–Kier alpha value is 0.104.